The molecule has 0 saturated carbocycles. The molecule has 104 valence electrons. The highest BCUT2D eigenvalue weighted by Crippen LogP contribution is 2.29. The van der Waals surface area contributed by atoms with Crippen molar-refractivity contribution in [1.82, 2.24) is 0 Å². The Hall–Kier alpha value is -1.88. The molecule has 0 saturated heterocycles. The first kappa shape index (κ1) is 15.2. The monoisotopic (exact) mass is 266 g/mol. The molecule has 0 aliphatic heterocycles. The molecule has 0 aromatic heterocycles. The molecule has 0 amide bonds. The summed E-state index contributed by atoms with van der Waals surface area (Å²) in [7, 11) is 0. The average molecular weight is 266 g/mol. The van der Waals surface area contributed by atoms with E-state index in [0.717, 1.165) is 5.56 Å². The number of benzene rings is 1. The molecule has 1 rings (SSSR count). The minimum Gasteiger partial charge on any atom is -0.479 e. The van der Waals surface area contributed by atoms with E-state index in [0.29, 0.717) is 0 Å². The van der Waals surface area contributed by atoms with Crippen molar-refractivity contribution >= 4 is 11.9 Å². The fourth-order valence-electron chi connectivity index (χ4n) is 1.87. The van der Waals surface area contributed by atoms with Crippen molar-refractivity contribution < 1.29 is 24.5 Å². The van der Waals surface area contributed by atoms with Crippen molar-refractivity contribution in [2.75, 3.05) is 6.61 Å². The van der Waals surface area contributed by atoms with E-state index in [9.17, 15) is 14.7 Å². The van der Waals surface area contributed by atoms with Crippen LogP contribution in [0.5, 0.6) is 0 Å². The molecule has 0 fully saturated rings. The predicted octanol–water partition coefficient (Wildman–Crippen LogP) is 1.24. The zero-order valence-electron chi connectivity index (χ0n) is 11.0. The predicted molar refractivity (Wildman–Crippen MR) is 68.5 cm³/mol. The number of aliphatic hydroxyl groups is 1. The van der Waals surface area contributed by atoms with Crippen molar-refractivity contribution in [3.05, 3.63) is 35.9 Å². The SMILES string of the molecule is CCOC(=O)[C@](C)(Cc1ccccc1)[C@H](O)C(=O)O. The largest absolute Gasteiger partial charge is 0.479 e. The number of aliphatic hydroxyl groups excluding tert-OH is 1. The normalized spacial score (nSPS) is 15.3. The molecule has 1 aromatic carbocycles. The summed E-state index contributed by atoms with van der Waals surface area (Å²) in [5, 5.41) is 18.8. The van der Waals surface area contributed by atoms with Crippen LogP contribution in [0.2, 0.25) is 0 Å². The molecule has 0 unspecified atom stereocenters. The van der Waals surface area contributed by atoms with E-state index in [1.54, 1.807) is 31.2 Å². The molecule has 0 heterocycles. The van der Waals surface area contributed by atoms with Crippen molar-refractivity contribution in [2.24, 2.45) is 5.41 Å². The number of carbonyl (C=O) groups excluding carboxylic acids is 1. The number of ether oxygens (including phenoxy) is 1. The van der Waals surface area contributed by atoms with Gasteiger partial charge in [-0.25, -0.2) is 4.79 Å². The van der Waals surface area contributed by atoms with Crippen LogP contribution in [0, 0.1) is 5.41 Å². The third-order valence-electron chi connectivity index (χ3n) is 2.99. The third kappa shape index (κ3) is 3.54. The Morgan fingerprint density at radius 2 is 1.89 bits per heavy atom. The van der Waals surface area contributed by atoms with Gasteiger partial charge in [0.15, 0.2) is 6.10 Å². The molecule has 0 bridgehead atoms. The molecule has 0 aliphatic rings. The summed E-state index contributed by atoms with van der Waals surface area (Å²) in [5.74, 6) is -2.15. The van der Waals surface area contributed by atoms with Crippen LogP contribution in [-0.2, 0) is 20.7 Å². The van der Waals surface area contributed by atoms with Crippen molar-refractivity contribution in [3.63, 3.8) is 0 Å². The van der Waals surface area contributed by atoms with Gasteiger partial charge in [-0.05, 0) is 25.8 Å². The highest BCUT2D eigenvalue weighted by Gasteiger charge is 2.46. The summed E-state index contributed by atoms with van der Waals surface area (Å²) in [6, 6.07) is 8.93. The second-order valence-electron chi connectivity index (χ2n) is 4.54. The minimum atomic E-state index is -1.81. The lowest BCUT2D eigenvalue weighted by molar-refractivity contribution is -0.172. The average Bonchev–Trinajstić information content (AvgIpc) is 2.39. The van der Waals surface area contributed by atoms with Gasteiger partial charge in [-0.15, -0.1) is 0 Å². The van der Waals surface area contributed by atoms with Crippen LogP contribution in [0.3, 0.4) is 0 Å². The summed E-state index contributed by atoms with van der Waals surface area (Å²) in [5.41, 5.74) is -0.748. The summed E-state index contributed by atoms with van der Waals surface area (Å²) >= 11 is 0. The summed E-state index contributed by atoms with van der Waals surface area (Å²) in [6.07, 6.45) is -1.72. The fraction of sp³-hybridized carbons (Fsp3) is 0.429. The Balaban J connectivity index is 3.05. The molecule has 0 radical (unpaired) electrons. The van der Waals surface area contributed by atoms with E-state index in [-0.39, 0.29) is 13.0 Å². The number of carboxylic acids is 1. The number of carbonyl (C=O) groups is 2. The highest BCUT2D eigenvalue weighted by molar-refractivity contribution is 5.86. The van der Waals surface area contributed by atoms with Crippen LogP contribution in [0.25, 0.3) is 0 Å². The summed E-state index contributed by atoms with van der Waals surface area (Å²) < 4.78 is 4.89. The molecular weight excluding hydrogens is 248 g/mol. The van der Waals surface area contributed by atoms with Gasteiger partial charge in [0.05, 0.1) is 6.61 Å². The molecule has 1 aromatic rings. The quantitative estimate of drug-likeness (QED) is 0.757. The Morgan fingerprint density at radius 1 is 1.32 bits per heavy atom. The van der Waals surface area contributed by atoms with Crippen LogP contribution in [-0.4, -0.2) is 34.9 Å². The van der Waals surface area contributed by atoms with Gasteiger partial charge in [-0.3, -0.25) is 4.79 Å². The number of aliphatic carboxylic acids is 1. The highest BCUT2D eigenvalue weighted by atomic mass is 16.5. The Morgan fingerprint density at radius 3 is 2.37 bits per heavy atom. The maximum absolute atomic E-state index is 12.0. The topological polar surface area (TPSA) is 83.8 Å². The minimum absolute atomic E-state index is 0.0974. The van der Waals surface area contributed by atoms with Gasteiger partial charge in [0, 0.05) is 0 Å². The van der Waals surface area contributed by atoms with Crippen LogP contribution < -0.4 is 0 Å². The van der Waals surface area contributed by atoms with Crippen LogP contribution >= 0.6 is 0 Å². The van der Waals surface area contributed by atoms with Crippen LogP contribution in [0.1, 0.15) is 19.4 Å². The Bertz CT molecular complexity index is 442. The molecule has 2 atom stereocenters. The molecule has 2 N–H and O–H groups in total. The van der Waals surface area contributed by atoms with Crippen molar-refractivity contribution in [1.29, 1.82) is 0 Å². The van der Waals surface area contributed by atoms with Crippen LogP contribution in [0.4, 0.5) is 0 Å². The van der Waals surface area contributed by atoms with Crippen molar-refractivity contribution in [3.8, 4) is 0 Å². The van der Waals surface area contributed by atoms with Gasteiger partial charge in [0.25, 0.3) is 0 Å². The second-order valence-corrected chi connectivity index (χ2v) is 4.54. The molecular formula is C14H18O5. The summed E-state index contributed by atoms with van der Waals surface area (Å²) in [6.45, 7) is 3.17. The molecule has 19 heavy (non-hydrogen) atoms. The molecule has 0 spiro atoms. The first-order chi connectivity index (χ1) is 8.91. The summed E-state index contributed by atoms with van der Waals surface area (Å²) in [4.78, 5) is 23.0. The van der Waals surface area contributed by atoms with Gasteiger partial charge in [-0.1, -0.05) is 30.3 Å². The lowest BCUT2D eigenvalue weighted by Gasteiger charge is -2.29. The lowest BCUT2D eigenvalue weighted by atomic mass is 9.78. The van der Waals surface area contributed by atoms with Gasteiger partial charge < -0.3 is 14.9 Å². The maximum atomic E-state index is 12.0. The number of esters is 1. The zero-order valence-corrected chi connectivity index (χ0v) is 11.0. The Labute approximate surface area is 111 Å². The van der Waals surface area contributed by atoms with Gasteiger partial charge in [0.2, 0.25) is 0 Å². The smallest absolute Gasteiger partial charge is 0.333 e. The number of rotatable bonds is 6. The number of hydrogen-bond acceptors (Lipinski definition) is 4. The number of hydrogen-bond donors (Lipinski definition) is 2. The maximum Gasteiger partial charge on any atom is 0.333 e. The molecule has 5 heteroatoms. The Kier molecular flexibility index (Phi) is 5.06. The fourth-order valence-corrected chi connectivity index (χ4v) is 1.87. The zero-order chi connectivity index (χ0) is 14.5. The third-order valence-corrected chi connectivity index (χ3v) is 2.99. The number of carboxylic acid groups (broad SMARTS) is 1. The van der Waals surface area contributed by atoms with Crippen LogP contribution in [0.15, 0.2) is 30.3 Å². The van der Waals surface area contributed by atoms with E-state index in [1.807, 2.05) is 6.07 Å². The van der Waals surface area contributed by atoms with Gasteiger partial charge in [-0.2, -0.15) is 0 Å². The van der Waals surface area contributed by atoms with E-state index in [4.69, 9.17) is 9.84 Å². The standard InChI is InChI=1S/C14H18O5/c1-3-19-13(18)14(2,11(15)12(16)17)9-10-7-5-4-6-8-10/h4-8,11,15H,3,9H2,1-2H3,(H,16,17)/t11-,14-/m1/s1. The second kappa shape index (κ2) is 6.33. The van der Waals surface area contributed by atoms with E-state index in [2.05, 4.69) is 0 Å². The molecule has 5 nitrogen and oxygen atoms in total. The van der Waals surface area contributed by atoms with E-state index < -0.39 is 23.5 Å². The van der Waals surface area contributed by atoms with Gasteiger partial charge in [0.1, 0.15) is 5.41 Å². The molecule has 0 aliphatic carbocycles. The first-order valence-corrected chi connectivity index (χ1v) is 6.04. The lowest BCUT2D eigenvalue weighted by Crippen LogP contribution is -2.47. The van der Waals surface area contributed by atoms with E-state index >= 15 is 0 Å². The van der Waals surface area contributed by atoms with E-state index in [1.165, 1.54) is 6.92 Å². The van der Waals surface area contributed by atoms with Crippen molar-refractivity contribution in [2.45, 2.75) is 26.4 Å². The van der Waals surface area contributed by atoms with Gasteiger partial charge >= 0.3 is 11.9 Å². The first-order valence-electron chi connectivity index (χ1n) is 6.04.